The monoisotopic (exact) mass is 362 g/mol. The topological polar surface area (TPSA) is 58.6 Å². The van der Waals surface area contributed by atoms with Gasteiger partial charge in [-0.2, -0.15) is 4.31 Å². The summed E-state index contributed by atoms with van der Waals surface area (Å²) in [4.78, 5) is 0.278. The third kappa shape index (κ3) is 3.00. The van der Waals surface area contributed by atoms with Crippen molar-refractivity contribution < 1.29 is 13.2 Å². The minimum atomic E-state index is -3.47. The molecule has 1 aliphatic rings. The Bertz CT molecular complexity index is 577. The Balaban J connectivity index is 2.34. The van der Waals surface area contributed by atoms with Gasteiger partial charge in [0.25, 0.3) is 0 Å². The van der Waals surface area contributed by atoms with E-state index in [1.165, 1.54) is 7.11 Å². The standard InChI is InChI=1S/C13H19BrN2O3S/c1-15-9-10-4-3-7-16(10)20(17,18)11-5-6-12(14)13(8-11)19-2/h5-6,8,10,15H,3-4,7,9H2,1-2H3. The molecule has 0 radical (unpaired) electrons. The highest BCUT2D eigenvalue weighted by Gasteiger charge is 2.35. The van der Waals surface area contributed by atoms with E-state index in [2.05, 4.69) is 21.2 Å². The first kappa shape index (κ1) is 15.8. The lowest BCUT2D eigenvalue weighted by atomic mass is 10.2. The maximum absolute atomic E-state index is 12.7. The summed E-state index contributed by atoms with van der Waals surface area (Å²) in [7, 11) is -0.104. The van der Waals surface area contributed by atoms with Crippen LogP contribution in [0.2, 0.25) is 0 Å². The van der Waals surface area contributed by atoms with Crippen LogP contribution in [-0.4, -0.2) is 46.0 Å². The molecule has 1 aromatic rings. The van der Waals surface area contributed by atoms with Crippen LogP contribution in [0.5, 0.6) is 5.75 Å². The number of hydrogen-bond acceptors (Lipinski definition) is 4. The molecule has 1 aromatic carbocycles. The quantitative estimate of drug-likeness (QED) is 0.867. The Labute approximate surface area is 128 Å². The lowest BCUT2D eigenvalue weighted by Crippen LogP contribution is -2.40. The molecule has 1 atom stereocenters. The molecule has 0 aromatic heterocycles. The molecule has 1 aliphatic heterocycles. The van der Waals surface area contributed by atoms with Crippen LogP contribution in [0.25, 0.3) is 0 Å². The number of hydrogen-bond donors (Lipinski definition) is 1. The summed E-state index contributed by atoms with van der Waals surface area (Å²) in [5, 5.41) is 3.06. The first-order chi connectivity index (χ1) is 9.50. The highest BCUT2D eigenvalue weighted by atomic mass is 79.9. The second-order valence-corrected chi connectivity index (χ2v) is 7.51. The van der Waals surface area contributed by atoms with Crippen molar-refractivity contribution in [2.24, 2.45) is 0 Å². The van der Waals surface area contributed by atoms with E-state index in [1.807, 2.05) is 7.05 Å². The van der Waals surface area contributed by atoms with Crippen molar-refractivity contribution >= 4 is 26.0 Å². The predicted molar refractivity (Wildman–Crippen MR) is 81.5 cm³/mol. The van der Waals surface area contributed by atoms with Crippen LogP contribution in [-0.2, 0) is 10.0 Å². The summed E-state index contributed by atoms with van der Waals surface area (Å²) in [5.74, 6) is 0.524. The van der Waals surface area contributed by atoms with Gasteiger partial charge in [0.2, 0.25) is 10.0 Å². The van der Waals surface area contributed by atoms with Crippen molar-refractivity contribution in [3.05, 3.63) is 22.7 Å². The van der Waals surface area contributed by atoms with Crippen LogP contribution in [0.1, 0.15) is 12.8 Å². The molecule has 5 nitrogen and oxygen atoms in total. The summed E-state index contributed by atoms with van der Waals surface area (Å²) in [5.41, 5.74) is 0. The number of sulfonamides is 1. The summed E-state index contributed by atoms with van der Waals surface area (Å²) in [6.45, 7) is 1.25. The molecule has 7 heteroatoms. The van der Waals surface area contributed by atoms with E-state index in [-0.39, 0.29) is 10.9 Å². The molecule has 1 N–H and O–H groups in total. The van der Waals surface area contributed by atoms with Gasteiger partial charge in [0.1, 0.15) is 5.75 Å². The second kappa shape index (κ2) is 6.43. The number of likely N-dealkylation sites (N-methyl/N-ethyl adjacent to an activating group) is 1. The lowest BCUT2D eigenvalue weighted by molar-refractivity contribution is 0.378. The zero-order chi connectivity index (χ0) is 14.8. The van der Waals surface area contributed by atoms with Gasteiger partial charge in [-0.1, -0.05) is 0 Å². The second-order valence-electron chi connectivity index (χ2n) is 4.77. The number of nitrogens with zero attached hydrogens (tertiary/aromatic N) is 1. The average Bonchev–Trinajstić information content (AvgIpc) is 2.88. The van der Waals surface area contributed by atoms with Crippen molar-refractivity contribution in [1.29, 1.82) is 0 Å². The molecule has 1 fully saturated rings. The maximum Gasteiger partial charge on any atom is 0.243 e. The number of rotatable bonds is 5. The smallest absolute Gasteiger partial charge is 0.243 e. The summed E-state index contributed by atoms with van der Waals surface area (Å²) in [6.07, 6.45) is 1.80. The van der Waals surface area contributed by atoms with Crippen LogP contribution in [0.3, 0.4) is 0 Å². The van der Waals surface area contributed by atoms with Crippen LogP contribution >= 0.6 is 15.9 Å². The zero-order valence-corrected chi connectivity index (χ0v) is 14.0. The molecule has 1 heterocycles. The molecule has 0 amide bonds. The largest absolute Gasteiger partial charge is 0.496 e. The van der Waals surface area contributed by atoms with Gasteiger partial charge >= 0.3 is 0 Å². The predicted octanol–water partition coefficient (Wildman–Crippen LogP) is 1.83. The fourth-order valence-corrected chi connectivity index (χ4v) is 4.62. The third-order valence-corrected chi connectivity index (χ3v) is 6.09. The number of nitrogens with one attached hydrogen (secondary N) is 1. The molecule has 20 heavy (non-hydrogen) atoms. The highest BCUT2D eigenvalue weighted by Crippen LogP contribution is 2.31. The third-order valence-electron chi connectivity index (χ3n) is 3.49. The Morgan fingerprint density at radius 1 is 1.50 bits per heavy atom. The van der Waals surface area contributed by atoms with Gasteiger partial charge in [0, 0.05) is 25.2 Å². The first-order valence-corrected chi connectivity index (χ1v) is 8.74. The SMILES string of the molecule is CNCC1CCCN1S(=O)(=O)c1ccc(Br)c(OC)c1. The van der Waals surface area contributed by atoms with Crippen LogP contribution in [0.15, 0.2) is 27.6 Å². The maximum atomic E-state index is 12.7. The highest BCUT2D eigenvalue weighted by molar-refractivity contribution is 9.10. The molecule has 0 spiro atoms. The van der Waals surface area contributed by atoms with Crippen LogP contribution in [0.4, 0.5) is 0 Å². The Morgan fingerprint density at radius 3 is 2.90 bits per heavy atom. The van der Waals surface area contributed by atoms with Crippen molar-refractivity contribution in [3.63, 3.8) is 0 Å². The minimum absolute atomic E-state index is 0.0274. The van der Waals surface area contributed by atoms with Gasteiger partial charge in [0.05, 0.1) is 16.5 Å². The van der Waals surface area contributed by atoms with E-state index in [0.29, 0.717) is 18.8 Å². The van der Waals surface area contributed by atoms with E-state index in [0.717, 1.165) is 17.3 Å². The number of benzene rings is 1. The Hall–Kier alpha value is -0.630. The van der Waals surface area contributed by atoms with Crippen LogP contribution in [0, 0.1) is 0 Å². The van der Waals surface area contributed by atoms with Crippen molar-refractivity contribution in [2.75, 3.05) is 27.2 Å². The summed E-state index contributed by atoms with van der Waals surface area (Å²) >= 11 is 3.33. The molecule has 0 saturated carbocycles. The van der Waals surface area contributed by atoms with Gasteiger partial charge in [-0.15, -0.1) is 0 Å². The molecular weight excluding hydrogens is 344 g/mol. The Morgan fingerprint density at radius 2 is 2.25 bits per heavy atom. The molecule has 1 saturated heterocycles. The lowest BCUT2D eigenvalue weighted by Gasteiger charge is -2.24. The number of halogens is 1. The van der Waals surface area contributed by atoms with E-state index < -0.39 is 10.0 Å². The molecule has 0 bridgehead atoms. The summed E-state index contributed by atoms with van der Waals surface area (Å²) in [6, 6.07) is 4.90. The fraction of sp³-hybridized carbons (Fsp3) is 0.538. The molecule has 2 rings (SSSR count). The van der Waals surface area contributed by atoms with Gasteiger partial charge in [-0.3, -0.25) is 0 Å². The van der Waals surface area contributed by atoms with Crippen molar-refractivity contribution in [2.45, 2.75) is 23.8 Å². The van der Waals surface area contributed by atoms with Crippen molar-refractivity contribution in [3.8, 4) is 5.75 Å². The van der Waals surface area contributed by atoms with E-state index in [1.54, 1.807) is 22.5 Å². The van der Waals surface area contributed by atoms with Crippen molar-refractivity contribution in [1.82, 2.24) is 9.62 Å². The zero-order valence-electron chi connectivity index (χ0n) is 11.6. The fourth-order valence-electron chi connectivity index (χ4n) is 2.50. The van der Waals surface area contributed by atoms with E-state index in [4.69, 9.17) is 4.74 Å². The van der Waals surface area contributed by atoms with Gasteiger partial charge in [-0.05, 0) is 48.0 Å². The van der Waals surface area contributed by atoms with Gasteiger partial charge in [0.15, 0.2) is 0 Å². The summed E-state index contributed by atoms with van der Waals surface area (Å²) < 4.78 is 33.0. The molecular formula is C13H19BrN2O3S. The van der Waals surface area contributed by atoms with E-state index >= 15 is 0 Å². The Kier molecular flexibility index (Phi) is 5.06. The first-order valence-electron chi connectivity index (χ1n) is 6.50. The minimum Gasteiger partial charge on any atom is -0.496 e. The van der Waals surface area contributed by atoms with Gasteiger partial charge in [-0.25, -0.2) is 8.42 Å². The van der Waals surface area contributed by atoms with E-state index in [9.17, 15) is 8.42 Å². The number of ether oxygens (including phenoxy) is 1. The van der Waals surface area contributed by atoms with Crippen LogP contribution < -0.4 is 10.1 Å². The van der Waals surface area contributed by atoms with Gasteiger partial charge < -0.3 is 10.1 Å². The number of methoxy groups -OCH3 is 1. The average molecular weight is 363 g/mol. The normalized spacial score (nSPS) is 20.2. The molecule has 1 unspecified atom stereocenters. The molecule has 0 aliphatic carbocycles. The molecule has 112 valence electrons.